The second-order valence-electron chi connectivity index (χ2n) is 5.23. The van der Waals surface area contributed by atoms with Crippen LogP contribution in [0.2, 0.25) is 0 Å². The van der Waals surface area contributed by atoms with Crippen LogP contribution in [0.5, 0.6) is 0 Å². The van der Waals surface area contributed by atoms with Gasteiger partial charge in [0.1, 0.15) is 17.5 Å². The molecule has 0 saturated carbocycles. The van der Waals surface area contributed by atoms with Crippen LogP contribution in [-0.2, 0) is 6.42 Å². The third-order valence-corrected chi connectivity index (χ3v) is 4.67. The van der Waals surface area contributed by atoms with Crippen LogP contribution in [0.4, 0.5) is 18.3 Å². The van der Waals surface area contributed by atoms with Crippen LogP contribution >= 0.6 is 11.3 Å². The minimum absolute atomic E-state index is 0.274. The van der Waals surface area contributed by atoms with Gasteiger partial charge in [0, 0.05) is 18.7 Å². The van der Waals surface area contributed by atoms with Gasteiger partial charge < -0.3 is 4.90 Å². The maximum Gasteiger partial charge on any atom is 0.187 e. The molecule has 6 heteroatoms. The van der Waals surface area contributed by atoms with Crippen LogP contribution < -0.4 is 4.90 Å². The first kappa shape index (κ1) is 16.3. The highest BCUT2D eigenvalue weighted by Crippen LogP contribution is 2.31. The first-order valence-corrected chi connectivity index (χ1v) is 8.07. The Morgan fingerprint density at radius 2 is 1.83 bits per heavy atom. The van der Waals surface area contributed by atoms with Crippen molar-refractivity contribution in [1.82, 2.24) is 4.98 Å². The molecular weight excluding hydrogens is 333 g/mol. The first-order valence-electron chi connectivity index (χ1n) is 7.25. The first-order chi connectivity index (χ1) is 11.6. The van der Waals surface area contributed by atoms with Gasteiger partial charge in [-0.15, -0.1) is 6.42 Å². The lowest BCUT2D eigenvalue weighted by molar-refractivity contribution is 0.593. The number of halogens is 3. The molecule has 0 spiro atoms. The van der Waals surface area contributed by atoms with Crippen LogP contribution in [0.1, 0.15) is 5.56 Å². The molecule has 0 saturated heterocycles. The summed E-state index contributed by atoms with van der Waals surface area (Å²) in [7, 11) is 0. The van der Waals surface area contributed by atoms with Crippen molar-refractivity contribution in [2.24, 2.45) is 0 Å². The fraction of sp³-hybridized carbons (Fsp3) is 0.167. The number of aromatic nitrogens is 1. The van der Waals surface area contributed by atoms with Crippen LogP contribution in [0.15, 0.2) is 36.4 Å². The van der Waals surface area contributed by atoms with E-state index in [4.69, 9.17) is 6.42 Å². The van der Waals surface area contributed by atoms with Gasteiger partial charge in [-0.05, 0) is 24.1 Å². The molecule has 24 heavy (non-hydrogen) atoms. The quantitative estimate of drug-likeness (QED) is 0.637. The van der Waals surface area contributed by atoms with E-state index in [1.54, 1.807) is 12.1 Å². The van der Waals surface area contributed by atoms with Crippen LogP contribution in [-0.4, -0.2) is 18.1 Å². The number of rotatable bonds is 5. The molecule has 0 aliphatic rings. The predicted octanol–water partition coefficient (Wildman–Crippen LogP) is 4.40. The Hall–Kier alpha value is -2.52. The summed E-state index contributed by atoms with van der Waals surface area (Å²) in [6.45, 7) is 0.838. The fourth-order valence-corrected chi connectivity index (χ4v) is 3.33. The van der Waals surface area contributed by atoms with E-state index in [0.29, 0.717) is 29.3 Å². The van der Waals surface area contributed by atoms with Crippen molar-refractivity contribution in [3.63, 3.8) is 0 Å². The van der Waals surface area contributed by atoms with Crippen molar-refractivity contribution in [2.75, 3.05) is 18.0 Å². The largest absolute Gasteiger partial charge is 0.337 e. The topological polar surface area (TPSA) is 16.1 Å². The van der Waals surface area contributed by atoms with Gasteiger partial charge in [-0.1, -0.05) is 29.4 Å². The summed E-state index contributed by atoms with van der Waals surface area (Å²) >= 11 is 1.14. The Bertz CT molecular complexity index is 897. The van der Waals surface area contributed by atoms with Gasteiger partial charge in [0.15, 0.2) is 5.13 Å². The lowest BCUT2D eigenvalue weighted by Gasteiger charge is -2.18. The second kappa shape index (κ2) is 6.93. The van der Waals surface area contributed by atoms with Gasteiger partial charge in [0.25, 0.3) is 0 Å². The maximum atomic E-state index is 13.8. The molecule has 0 bridgehead atoms. The molecule has 1 heterocycles. The molecule has 2 aromatic carbocycles. The number of hydrogen-bond acceptors (Lipinski definition) is 3. The third-order valence-electron chi connectivity index (χ3n) is 3.53. The minimum Gasteiger partial charge on any atom is -0.337 e. The Morgan fingerprint density at radius 3 is 2.54 bits per heavy atom. The molecule has 0 amide bonds. The van der Waals surface area contributed by atoms with Crippen LogP contribution in [0.3, 0.4) is 0 Å². The summed E-state index contributed by atoms with van der Waals surface area (Å²) in [4.78, 5) is 6.11. The number of nitrogens with zero attached hydrogens (tertiary/aromatic N) is 2. The molecule has 2 nitrogen and oxygen atoms in total. The molecule has 3 aromatic rings. The number of thiazole rings is 1. The van der Waals surface area contributed by atoms with E-state index < -0.39 is 11.6 Å². The lowest BCUT2D eigenvalue weighted by atomic mass is 10.1. The summed E-state index contributed by atoms with van der Waals surface area (Å²) < 4.78 is 40.4. The van der Waals surface area contributed by atoms with Crippen molar-refractivity contribution < 1.29 is 13.2 Å². The fourth-order valence-electron chi connectivity index (χ4n) is 2.35. The molecule has 0 aliphatic heterocycles. The molecule has 0 radical (unpaired) electrons. The van der Waals surface area contributed by atoms with E-state index in [9.17, 15) is 13.2 Å². The van der Waals surface area contributed by atoms with Gasteiger partial charge in [0.05, 0.1) is 16.8 Å². The third kappa shape index (κ3) is 3.52. The van der Waals surface area contributed by atoms with Crippen molar-refractivity contribution >= 4 is 26.7 Å². The molecule has 122 valence electrons. The Morgan fingerprint density at radius 1 is 1.08 bits per heavy atom. The highest BCUT2D eigenvalue weighted by Gasteiger charge is 2.15. The number of hydrogen-bond donors (Lipinski definition) is 0. The van der Waals surface area contributed by atoms with E-state index in [1.807, 2.05) is 4.90 Å². The zero-order chi connectivity index (χ0) is 17.1. The second-order valence-corrected chi connectivity index (χ2v) is 6.21. The maximum absolute atomic E-state index is 13.8. The van der Waals surface area contributed by atoms with Gasteiger partial charge in [0.2, 0.25) is 0 Å². The summed E-state index contributed by atoms with van der Waals surface area (Å²) in [5.41, 5.74) is 1.23. The number of terminal acetylenes is 1. The van der Waals surface area contributed by atoms with Gasteiger partial charge >= 0.3 is 0 Å². The van der Waals surface area contributed by atoms with Crippen molar-refractivity contribution in [3.8, 4) is 12.3 Å². The van der Waals surface area contributed by atoms with Crippen molar-refractivity contribution in [2.45, 2.75) is 6.42 Å². The highest BCUT2D eigenvalue weighted by atomic mass is 32.1. The summed E-state index contributed by atoms with van der Waals surface area (Å²) in [6, 6.07) is 8.25. The van der Waals surface area contributed by atoms with E-state index >= 15 is 0 Å². The number of benzene rings is 2. The molecule has 0 atom stereocenters. The van der Waals surface area contributed by atoms with Gasteiger partial charge in [-0.25, -0.2) is 18.2 Å². The van der Waals surface area contributed by atoms with Crippen LogP contribution in [0, 0.1) is 29.8 Å². The Balaban J connectivity index is 1.84. The molecule has 3 rings (SSSR count). The molecule has 0 fully saturated rings. The van der Waals surface area contributed by atoms with E-state index in [2.05, 4.69) is 10.9 Å². The SMILES string of the molecule is C#CCN(CCc1ccc(F)cc1)c1nc2cc(F)cc(F)c2s1. The normalized spacial score (nSPS) is 10.8. The molecular formula is C18H13F3N2S. The standard InChI is InChI=1S/C18H13F3N2S/c1-2-8-23(9-7-12-3-5-13(19)6-4-12)18-22-16-11-14(20)10-15(21)17(16)24-18/h1,3-6,10-11H,7-9H2. The van der Waals surface area contributed by atoms with Gasteiger partial charge in [-0.2, -0.15) is 0 Å². The Kier molecular flexibility index (Phi) is 4.72. The average Bonchev–Trinajstić information content (AvgIpc) is 2.97. The average molecular weight is 346 g/mol. The lowest BCUT2D eigenvalue weighted by Crippen LogP contribution is -2.26. The molecule has 0 unspecified atom stereocenters. The highest BCUT2D eigenvalue weighted by molar-refractivity contribution is 7.22. The Labute approximate surface area is 141 Å². The van der Waals surface area contributed by atoms with Crippen molar-refractivity contribution in [3.05, 3.63) is 59.4 Å². The monoisotopic (exact) mass is 346 g/mol. The van der Waals surface area contributed by atoms with Crippen molar-refractivity contribution in [1.29, 1.82) is 0 Å². The molecule has 0 N–H and O–H groups in total. The van der Waals surface area contributed by atoms with E-state index in [1.165, 1.54) is 18.2 Å². The smallest absolute Gasteiger partial charge is 0.187 e. The number of anilines is 1. The molecule has 0 aliphatic carbocycles. The zero-order valence-corrected chi connectivity index (χ0v) is 13.4. The summed E-state index contributed by atoms with van der Waals surface area (Å²) in [5.74, 6) is 0.966. The summed E-state index contributed by atoms with van der Waals surface area (Å²) in [6.07, 6.45) is 6.04. The molecule has 1 aromatic heterocycles. The van der Waals surface area contributed by atoms with Gasteiger partial charge in [-0.3, -0.25) is 0 Å². The van der Waals surface area contributed by atoms with Crippen LogP contribution in [0.25, 0.3) is 10.2 Å². The predicted molar refractivity (Wildman–Crippen MR) is 90.7 cm³/mol. The minimum atomic E-state index is -0.660. The van der Waals surface area contributed by atoms with E-state index in [-0.39, 0.29) is 11.3 Å². The zero-order valence-electron chi connectivity index (χ0n) is 12.6. The number of fused-ring (bicyclic) bond motifs is 1. The summed E-state index contributed by atoms with van der Waals surface area (Å²) in [5, 5.41) is 0.537. The van der Waals surface area contributed by atoms with E-state index in [0.717, 1.165) is 23.0 Å².